The molecule has 3 atom stereocenters. The molecule has 2 N–H and O–H groups in total. The fraction of sp³-hybridized carbons (Fsp3) is 0.947. The Morgan fingerprint density at radius 3 is 2.48 bits per heavy atom. The Morgan fingerprint density at radius 2 is 1.84 bits per heavy atom. The Bertz CT molecular complexity index is 425. The number of hydrogen-bond acceptors (Lipinski definition) is 2. The summed E-state index contributed by atoms with van der Waals surface area (Å²) in [5.41, 5.74) is 0. The van der Waals surface area contributed by atoms with Gasteiger partial charge < -0.3 is 10.6 Å². The first kappa shape index (κ1) is 23.2. The minimum atomic E-state index is -0.664. The second-order valence-corrected chi connectivity index (χ2v) is 9.65. The van der Waals surface area contributed by atoms with Crippen LogP contribution in [0.1, 0.15) is 72.1 Å². The van der Waals surface area contributed by atoms with Crippen LogP contribution in [0.2, 0.25) is 0 Å². The van der Waals surface area contributed by atoms with E-state index in [2.05, 4.69) is 24.5 Å². The Morgan fingerprint density at radius 1 is 1.12 bits per heavy atom. The van der Waals surface area contributed by atoms with Crippen LogP contribution in [0.3, 0.4) is 0 Å². The maximum Gasteiger partial charge on any atom is 0.191 e. The molecular weight excluding hydrogens is 445 g/mol. The van der Waals surface area contributed by atoms with Gasteiger partial charge in [0.15, 0.2) is 5.96 Å². The van der Waals surface area contributed by atoms with Gasteiger partial charge in [0.2, 0.25) is 0 Å². The van der Waals surface area contributed by atoms with Crippen molar-refractivity contribution in [2.24, 2.45) is 16.8 Å². The zero-order chi connectivity index (χ0) is 17.4. The van der Waals surface area contributed by atoms with Gasteiger partial charge in [-0.2, -0.15) is 0 Å². The number of nitrogens with one attached hydrogen (secondary N) is 2. The lowest BCUT2D eigenvalue weighted by Crippen LogP contribution is -2.46. The molecule has 2 aliphatic rings. The van der Waals surface area contributed by atoms with Crippen molar-refractivity contribution in [1.82, 2.24) is 10.6 Å². The van der Waals surface area contributed by atoms with E-state index in [0.717, 1.165) is 49.5 Å². The molecule has 148 valence electrons. The van der Waals surface area contributed by atoms with Gasteiger partial charge in [-0.15, -0.1) is 24.0 Å². The highest BCUT2D eigenvalue weighted by molar-refractivity contribution is 14.0. The molecule has 2 saturated carbocycles. The lowest BCUT2D eigenvalue weighted by atomic mass is 9.83. The van der Waals surface area contributed by atoms with Crippen molar-refractivity contribution < 1.29 is 4.21 Å². The van der Waals surface area contributed by atoms with Gasteiger partial charge >= 0.3 is 0 Å². The topological polar surface area (TPSA) is 53.5 Å². The van der Waals surface area contributed by atoms with Gasteiger partial charge in [-0.3, -0.25) is 9.20 Å². The Balaban J connectivity index is 0.00000312. The number of hydrogen-bond donors (Lipinski definition) is 2. The Labute approximate surface area is 174 Å². The van der Waals surface area contributed by atoms with Gasteiger partial charge in [0.05, 0.1) is 0 Å². The van der Waals surface area contributed by atoms with Crippen molar-refractivity contribution in [3.8, 4) is 0 Å². The minimum absolute atomic E-state index is 0. The van der Waals surface area contributed by atoms with Crippen LogP contribution in [-0.4, -0.2) is 40.3 Å². The Hall–Kier alpha value is 0.150. The normalized spacial score (nSPS) is 31.7. The van der Waals surface area contributed by atoms with Gasteiger partial charge in [0.1, 0.15) is 0 Å². The SMILES string of the molecule is CCNC(=NCC1CCC(C)CC1)NC1CCCC(S(=O)CC)C1.I. The predicted octanol–water partition coefficient (Wildman–Crippen LogP) is 4.07. The fourth-order valence-electron chi connectivity index (χ4n) is 4.00. The van der Waals surface area contributed by atoms with E-state index in [4.69, 9.17) is 4.99 Å². The molecule has 0 bridgehead atoms. The summed E-state index contributed by atoms with van der Waals surface area (Å²) in [6, 6.07) is 0.420. The molecule has 0 aliphatic heterocycles. The number of halogens is 1. The van der Waals surface area contributed by atoms with Crippen LogP contribution < -0.4 is 10.6 Å². The Kier molecular flexibility index (Phi) is 11.6. The van der Waals surface area contributed by atoms with Crippen molar-refractivity contribution in [3.63, 3.8) is 0 Å². The zero-order valence-corrected chi connectivity index (χ0v) is 19.4. The number of nitrogens with zero attached hydrogens (tertiary/aromatic N) is 1. The average molecular weight is 484 g/mol. The van der Waals surface area contributed by atoms with Crippen LogP contribution >= 0.6 is 24.0 Å². The number of guanidine groups is 1. The second-order valence-electron chi connectivity index (χ2n) is 7.64. The van der Waals surface area contributed by atoms with Gasteiger partial charge in [0, 0.05) is 40.9 Å². The largest absolute Gasteiger partial charge is 0.357 e. The fourth-order valence-corrected chi connectivity index (χ4v) is 5.34. The molecule has 0 aromatic rings. The summed E-state index contributed by atoms with van der Waals surface area (Å²) in [6.45, 7) is 8.35. The minimum Gasteiger partial charge on any atom is -0.357 e. The highest BCUT2D eigenvalue weighted by Crippen LogP contribution is 2.28. The van der Waals surface area contributed by atoms with Gasteiger partial charge in [-0.25, -0.2) is 0 Å². The first-order valence-electron chi connectivity index (χ1n) is 10.0. The van der Waals surface area contributed by atoms with E-state index in [1.54, 1.807) is 0 Å². The smallest absolute Gasteiger partial charge is 0.191 e. The summed E-state index contributed by atoms with van der Waals surface area (Å²) in [5.74, 6) is 3.40. The number of rotatable bonds is 6. The summed E-state index contributed by atoms with van der Waals surface area (Å²) < 4.78 is 12.1. The van der Waals surface area contributed by atoms with Crippen molar-refractivity contribution in [2.45, 2.75) is 83.4 Å². The quantitative estimate of drug-likeness (QED) is 0.340. The van der Waals surface area contributed by atoms with E-state index in [-0.39, 0.29) is 24.0 Å². The van der Waals surface area contributed by atoms with Crippen molar-refractivity contribution in [2.75, 3.05) is 18.8 Å². The van der Waals surface area contributed by atoms with Gasteiger partial charge in [0.25, 0.3) is 0 Å². The average Bonchev–Trinajstić information content (AvgIpc) is 2.61. The summed E-state index contributed by atoms with van der Waals surface area (Å²) in [7, 11) is -0.664. The predicted molar refractivity (Wildman–Crippen MR) is 120 cm³/mol. The standard InChI is InChI=1S/C19H37N3OS.HI/c1-4-20-19(21-14-16-11-9-15(3)10-12-16)22-17-7-6-8-18(13-17)24(23)5-2;/h15-18H,4-14H2,1-3H3,(H2,20,21,22);1H. The number of aliphatic imine (C=N–C) groups is 1. The summed E-state index contributed by atoms with van der Waals surface area (Å²) >= 11 is 0. The summed E-state index contributed by atoms with van der Waals surface area (Å²) in [5, 5.41) is 7.38. The molecule has 2 fully saturated rings. The molecule has 4 nitrogen and oxygen atoms in total. The molecule has 25 heavy (non-hydrogen) atoms. The third-order valence-electron chi connectivity index (χ3n) is 5.61. The molecule has 6 heteroatoms. The highest BCUT2D eigenvalue weighted by atomic mass is 127. The van der Waals surface area contributed by atoms with Crippen LogP contribution in [-0.2, 0) is 10.8 Å². The van der Waals surface area contributed by atoms with E-state index in [1.807, 2.05) is 6.92 Å². The highest BCUT2D eigenvalue weighted by Gasteiger charge is 2.26. The first-order valence-corrected chi connectivity index (χ1v) is 11.4. The first-order chi connectivity index (χ1) is 11.6. The van der Waals surface area contributed by atoms with Crippen LogP contribution in [0.5, 0.6) is 0 Å². The lowest BCUT2D eigenvalue weighted by Gasteiger charge is -2.30. The molecule has 2 rings (SSSR count). The van der Waals surface area contributed by atoms with Crippen LogP contribution in [0.25, 0.3) is 0 Å². The maximum absolute atomic E-state index is 12.1. The lowest BCUT2D eigenvalue weighted by molar-refractivity contribution is 0.296. The molecule has 0 heterocycles. The van der Waals surface area contributed by atoms with Crippen molar-refractivity contribution in [1.29, 1.82) is 0 Å². The van der Waals surface area contributed by atoms with Crippen LogP contribution in [0, 0.1) is 11.8 Å². The summed E-state index contributed by atoms with van der Waals surface area (Å²) in [6.07, 6.45) is 9.85. The molecular formula is C19H38IN3OS. The second kappa shape index (κ2) is 12.5. The summed E-state index contributed by atoms with van der Waals surface area (Å²) in [4.78, 5) is 4.86. The molecule has 0 aromatic carbocycles. The van der Waals surface area contributed by atoms with Crippen molar-refractivity contribution >= 4 is 40.7 Å². The molecule has 0 spiro atoms. The maximum atomic E-state index is 12.1. The third-order valence-corrected chi connectivity index (χ3v) is 7.35. The third kappa shape index (κ3) is 8.14. The zero-order valence-electron chi connectivity index (χ0n) is 16.3. The van der Waals surface area contributed by atoms with E-state index in [9.17, 15) is 4.21 Å². The van der Waals surface area contributed by atoms with E-state index < -0.39 is 10.8 Å². The molecule has 0 saturated heterocycles. The van der Waals surface area contributed by atoms with Crippen molar-refractivity contribution in [3.05, 3.63) is 0 Å². The molecule has 2 aliphatic carbocycles. The van der Waals surface area contributed by atoms with Gasteiger partial charge in [-0.05, 0) is 50.9 Å². The molecule has 0 aromatic heterocycles. The molecule has 0 amide bonds. The van der Waals surface area contributed by atoms with Crippen LogP contribution in [0.15, 0.2) is 4.99 Å². The van der Waals surface area contributed by atoms with Crippen LogP contribution in [0.4, 0.5) is 0 Å². The van der Waals surface area contributed by atoms with Gasteiger partial charge in [-0.1, -0.05) is 33.1 Å². The molecule has 3 unspecified atom stereocenters. The molecule has 0 radical (unpaired) electrons. The van der Waals surface area contributed by atoms with E-state index in [0.29, 0.717) is 11.3 Å². The monoisotopic (exact) mass is 483 g/mol. The van der Waals surface area contributed by atoms with E-state index in [1.165, 1.54) is 38.5 Å². The van der Waals surface area contributed by atoms with E-state index >= 15 is 0 Å².